The van der Waals surface area contributed by atoms with Gasteiger partial charge >= 0.3 is 0 Å². The number of nitrogens with one attached hydrogen (secondary N) is 2. The third kappa shape index (κ3) is 10.3. The molecule has 0 radical (unpaired) electrons. The van der Waals surface area contributed by atoms with E-state index in [1.165, 1.54) is 6.07 Å². The molecule has 0 aromatic heterocycles. The van der Waals surface area contributed by atoms with Crippen LogP contribution in [0.25, 0.3) is 0 Å². The van der Waals surface area contributed by atoms with Gasteiger partial charge in [-0.2, -0.15) is 0 Å². The van der Waals surface area contributed by atoms with Crippen molar-refractivity contribution in [1.29, 1.82) is 0 Å². The standard InChI is InChI=1S/C33H45BrN2O4Si/c1-32(2,3)41(6,7)40-30(26-17-28(37)19-29(38)18-26)22-36-33(4,5)20-25-10-8-9-24(15-25)16-31(39)35-21-23-11-13-27(34)14-12-23/h8-15,17-19,30,36-38H,16,20-22H2,1-7H3,(H,35,39)/t30-/m0/s1. The number of phenolic OH excluding ortho intramolecular Hbond substituents is 2. The second kappa shape index (κ2) is 13.5. The van der Waals surface area contributed by atoms with Gasteiger partial charge in [0.05, 0.1) is 12.5 Å². The van der Waals surface area contributed by atoms with Gasteiger partial charge in [0.1, 0.15) is 11.5 Å². The molecule has 0 aliphatic carbocycles. The van der Waals surface area contributed by atoms with E-state index in [1.807, 2.05) is 36.4 Å². The number of rotatable bonds is 12. The molecule has 3 rings (SSSR count). The predicted octanol–water partition coefficient (Wildman–Crippen LogP) is 7.39. The fourth-order valence-corrected chi connectivity index (χ4v) is 5.95. The highest BCUT2D eigenvalue weighted by atomic mass is 79.9. The van der Waals surface area contributed by atoms with Crippen LogP contribution in [0.4, 0.5) is 0 Å². The first-order valence-electron chi connectivity index (χ1n) is 14.1. The van der Waals surface area contributed by atoms with Crippen molar-refractivity contribution >= 4 is 30.2 Å². The molecule has 1 amide bonds. The van der Waals surface area contributed by atoms with Crippen molar-refractivity contribution in [3.05, 3.63) is 93.5 Å². The molecule has 1 atom stereocenters. The van der Waals surface area contributed by atoms with Crippen LogP contribution >= 0.6 is 15.9 Å². The van der Waals surface area contributed by atoms with Crippen molar-refractivity contribution in [2.24, 2.45) is 0 Å². The highest BCUT2D eigenvalue weighted by Crippen LogP contribution is 2.40. The molecule has 0 saturated heterocycles. The minimum absolute atomic E-state index is 0.00458. The summed E-state index contributed by atoms with van der Waals surface area (Å²) in [5, 5.41) is 27.0. The Labute approximate surface area is 254 Å². The Balaban J connectivity index is 1.66. The number of carbonyl (C=O) groups is 1. The molecule has 0 bridgehead atoms. The van der Waals surface area contributed by atoms with Gasteiger partial charge < -0.3 is 25.3 Å². The lowest BCUT2D eigenvalue weighted by Crippen LogP contribution is -2.47. The second-order valence-corrected chi connectivity index (χ2v) is 18.7. The van der Waals surface area contributed by atoms with E-state index in [2.05, 4.69) is 86.4 Å². The maximum atomic E-state index is 12.6. The van der Waals surface area contributed by atoms with E-state index >= 15 is 0 Å². The van der Waals surface area contributed by atoms with Crippen LogP contribution in [-0.2, 0) is 28.6 Å². The average Bonchev–Trinajstić information content (AvgIpc) is 2.85. The number of aromatic hydroxyl groups is 2. The number of benzene rings is 3. The van der Waals surface area contributed by atoms with E-state index in [-0.39, 0.29) is 34.1 Å². The minimum Gasteiger partial charge on any atom is -0.508 e. The van der Waals surface area contributed by atoms with Gasteiger partial charge in [-0.15, -0.1) is 0 Å². The van der Waals surface area contributed by atoms with Gasteiger partial charge in [0.25, 0.3) is 0 Å². The number of halogens is 1. The van der Waals surface area contributed by atoms with Crippen molar-refractivity contribution in [1.82, 2.24) is 10.6 Å². The quantitative estimate of drug-likeness (QED) is 0.155. The van der Waals surface area contributed by atoms with E-state index in [4.69, 9.17) is 4.43 Å². The van der Waals surface area contributed by atoms with E-state index in [0.717, 1.165) is 33.1 Å². The molecule has 0 heterocycles. The molecule has 0 spiro atoms. The summed E-state index contributed by atoms with van der Waals surface area (Å²) in [7, 11) is -2.15. The molecule has 0 fully saturated rings. The third-order valence-electron chi connectivity index (χ3n) is 7.71. The zero-order chi connectivity index (χ0) is 30.4. The van der Waals surface area contributed by atoms with Crippen LogP contribution < -0.4 is 10.6 Å². The Hall–Kier alpha value is -2.65. The molecule has 6 nitrogen and oxygen atoms in total. The summed E-state index contributed by atoms with van der Waals surface area (Å²) in [5.74, 6) is 0.0176. The van der Waals surface area contributed by atoms with Crippen LogP contribution in [0, 0.1) is 0 Å². The molecule has 0 saturated carbocycles. The highest BCUT2D eigenvalue weighted by Gasteiger charge is 2.40. The normalized spacial score (nSPS) is 13.2. The summed E-state index contributed by atoms with van der Waals surface area (Å²) in [4.78, 5) is 12.6. The summed E-state index contributed by atoms with van der Waals surface area (Å²) in [5.41, 5.74) is 3.63. The summed E-state index contributed by atoms with van der Waals surface area (Å²) in [6, 6.07) is 20.8. The topological polar surface area (TPSA) is 90.8 Å². The lowest BCUT2D eigenvalue weighted by atomic mass is 9.93. The number of phenols is 2. The van der Waals surface area contributed by atoms with Crippen molar-refractivity contribution in [3.8, 4) is 11.5 Å². The lowest BCUT2D eigenvalue weighted by Gasteiger charge is -2.40. The number of carbonyl (C=O) groups excluding carboxylic acids is 1. The molecular weight excluding hydrogens is 596 g/mol. The smallest absolute Gasteiger partial charge is 0.224 e. The maximum Gasteiger partial charge on any atom is 0.224 e. The third-order valence-corrected chi connectivity index (χ3v) is 12.7. The molecule has 0 unspecified atom stereocenters. The fourth-order valence-electron chi connectivity index (χ4n) is 4.41. The van der Waals surface area contributed by atoms with Crippen molar-refractivity contribution in [2.75, 3.05) is 6.54 Å². The SMILES string of the molecule is CC(C)(Cc1cccc(CC(=O)NCc2ccc(Br)cc2)c1)NC[C@H](O[Si](C)(C)C(C)(C)C)c1cc(O)cc(O)c1. The van der Waals surface area contributed by atoms with E-state index in [9.17, 15) is 15.0 Å². The maximum absolute atomic E-state index is 12.6. The second-order valence-electron chi connectivity index (χ2n) is 13.0. The molecule has 0 aliphatic heterocycles. The zero-order valence-electron chi connectivity index (χ0n) is 25.3. The Kier molecular flexibility index (Phi) is 10.9. The van der Waals surface area contributed by atoms with Gasteiger partial charge in [0.2, 0.25) is 5.91 Å². The monoisotopic (exact) mass is 640 g/mol. The average molecular weight is 642 g/mol. The number of amides is 1. The van der Waals surface area contributed by atoms with Crippen LogP contribution in [0.2, 0.25) is 18.1 Å². The van der Waals surface area contributed by atoms with E-state index in [1.54, 1.807) is 12.1 Å². The molecule has 3 aromatic rings. The first-order chi connectivity index (χ1) is 19.0. The Morgan fingerprint density at radius 1 is 0.902 bits per heavy atom. The van der Waals surface area contributed by atoms with Crippen molar-refractivity contribution in [3.63, 3.8) is 0 Å². The van der Waals surface area contributed by atoms with Crippen LogP contribution in [0.3, 0.4) is 0 Å². The van der Waals surface area contributed by atoms with Crippen LogP contribution in [0.15, 0.2) is 71.2 Å². The molecule has 4 N–H and O–H groups in total. The molecule has 222 valence electrons. The van der Waals surface area contributed by atoms with Crippen molar-refractivity contribution < 1.29 is 19.4 Å². The van der Waals surface area contributed by atoms with E-state index in [0.29, 0.717) is 19.5 Å². The first kappa shape index (κ1) is 32.9. The van der Waals surface area contributed by atoms with Gasteiger partial charge in [0.15, 0.2) is 8.32 Å². The van der Waals surface area contributed by atoms with Gasteiger partial charge in [-0.25, -0.2) is 0 Å². The van der Waals surface area contributed by atoms with Gasteiger partial charge in [-0.1, -0.05) is 73.1 Å². The zero-order valence-corrected chi connectivity index (χ0v) is 27.9. The summed E-state index contributed by atoms with van der Waals surface area (Å²) in [6.07, 6.45) is 0.732. The molecule has 0 aliphatic rings. The van der Waals surface area contributed by atoms with Crippen LogP contribution in [-0.4, -0.2) is 36.5 Å². The number of hydrogen-bond acceptors (Lipinski definition) is 5. The Bertz CT molecular complexity index is 1300. The van der Waals surface area contributed by atoms with Gasteiger partial charge in [-0.3, -0.25) is 4.79 Å². The van der Waals surface area contributed by atoms with Crippen LogP contribution in [0.1, 0.15) is 63.0 Å². The lowest BCUT2D eigenvalue weighted by molar-refractivity contribution is -0.120. The molecule has 3 aromatic carbocycles. The van der Waals surface area contributed by atoms with E-state index < -0.39 is 8.32 Å². The largest absolute Gasteiger partial charge is 0.508 e. The van der Waals surface area contributed by atoms with Gasteiger partial charge in [0, 0.05) is 29.2 Å². The van der Waals surface area contributed by atoms with Crippen LogP contribution in [0.5, 0.6) is 11.5 Å². The predicted molar refractivity (Wildman–Crippen MR) is 173 cm³/mol. The Morgan fingerprint density at radius 3 is 2.12 bits per heavy atom. The Morgan fingerprint density at radius 2 is 1.51 bits per heavy atom. The van der Waals surface area contributed by atoms with Crippen molar-refractivity contribution in [2.45, 2.75) is 83.8 Å². The molecule has 8 heteroatoms. The summed E-state index contributed by atoms with van der Waals surface area (Å²) in [6.45, 7) is 16.3. The summed E-state index contributed by atoms with van der Waals surface area (Å²) >= 11 is 3.43. The molecular formula is C33H45BrN2O4Si. The molecule has 41 heavy (non-hydrogen) atoms. The minimum atomic E-state index is -2.15. The van der Waals surface area contributed by atoms with Gasteiger partial charge in [-0.05, 0) is 84.9 Å². The number of hydrogen-bond donors (Lipinski definition) is 4. The highest BCUT2D eigenvalue weighted by molar-refractivity contribution is 9.10. The first-order valence-corrected chi connectivity index (χ1v) is 17.8. The summed E-state index contributed by atoms with van der Waals surface area (Å²) < 4.78 is 7.79. The fraction of sp³-hybridized carbons (Fsp3) is 0.424.